The first-order valence-corrected chi connectivity index (χ1v) is 12.9. The minimum atomic E-state index is -4.32. The summed E-state index contributed by atoms with van der Waals surface area (Å²) in [7, 11) is 0. The third kappa shape index (κ3) is 6.88. The Balaban J connectivity index is 1.67. The Kier molecular flexibility index (Phi) is 9.66. The molecular weight excluding hydrogens is 437 g/mol. The number of halogens is 3. The fourth-order valence-corrected chi connectivity index (χ4v) is 5.37. The van der Waals surface area contributed by atoms with Gasteiger partial charge in [0, 0.05) is 30.8 Å². The van der Waals surface area contributed by atoms with E-state index >= 15 is 0 Å². The van der Waals surface area contributed by atoms with Crippen LogP contribution < -0.4 is 5.32 Å². The molecule has 3 nitrogen and oxygen atoms in total. The van der Waals surface area contributed by atoms with Crippen LogP contribution in [0.4, 0.5) is 18.9 Å². The van der Waals surface area contributed by atoms with Crippen molar-refractivity contribution in [1.82, 2.24) is 4.90 Å². The second-order valence-corrected chi connectivity index (χ2v) is 9.92. The van der Waals surface area contributed by atoms with Crippen LogP contribution >= 0.6 is 0 Å². The number of alkyl halides is 3. The van der Waals surface area contributed by atoms with E-state index in [4.69, 9.17) is 4.74 Å². The zero-order chi connectivity index (χ0) is 24.7. The topological polar surface area (TPSA) is 24.5 Å². The van der Waals surface area contributed by atoms with Crippen molar-refractivity contribution in [2.75, 3.05) is 38.2 Å². The molecule has 0 bridgehead atoms. The molecule has 1 unspecified atom stereocenters. The zero-order valence-corrected chi connectivity index (χ0v) is 21.1. The molecule has 1 N–H and O–H groups in total. The Morgan fingerprint density at radius 1 is 1.18 bits per heavy atom. The van der Waals surface area contributed by atoms with Gasteiger partial charge in [-0.2, -0.15) is 13.2 Å². The molecule has 0 radical (unpaired) electrons. The molecule has 1 aliphatic carbocycles. The number of fused-ring (bicyclic) bond motifs is 1. The maximum Gasteiger partial charge on any atom is 0.416 e. The quantitative estimate of drug-likeness (QED) is 0.343. The number of hydrogen-bond donors (Lipinski definition) is 1. The highest BCUT2D eigenvalue weighted by Crippen LogP contribution is 2.45. The van der Waals surface area contributed by atoms with Gasteiger partial charge in [0.05, 0.1) is 12.2 Å². The van der Waals surface area contributed by atoms with Crippen molar-refractivity contribution in [2.24, 2.45) is 17.8 Å². The predicted octanol–water partition coefficient (Wildman–Crippen LogP) is 7.13. The summed E-state index contributed by atoms with van der Waals surface area (Å²) in [4.78, 5) is 2.35. The monoisotopic (exact) mass is 478 g/mol. The van der Waals surface area contributed by atoms with Gasteiger partial charge in [-0.05, 0) is 73.9 Å². The maximum atomic E-state index is 13.4. The molecule has 6 heteroatoms. The Bertz CT molecular complexity index is 831. The number of rotatable bonds is 11. The highest BCUT2D eigenvalue weighted by molar-refractivity contribution is 5.58. The van der Waals surface area contributed by atoms with Gasteiger partial charge in [-0.25, -0.2) is 0 Å². The molecule has 34 heavy (non-hydrogen) atoms. The molecule has 2 aliphatic rings. The van der Waals surface area contributed by atoms with E-state index in [9.17, 15) is 13.2 Å². The van der Waals surface area contributed by atoms with E-state index in [1.165, 1.54) is 12.1 Å². The first-order chi connectivity index (χ1) is 16.2. The first kappa shape index (κ1) is 26.8. The van der Waals surface area contributed by atoms with Crippen LogP contribution in [0.3, 0.4) is 0 Å². The zero-order valence-electron chi connectivity index (χ0n) is 21.1. The normalized spacial score (nSPS) is 25.3. The number of anilines is 1. The van der Waals surface area contributed by atoms with E-state index in [-0.39, 0.29) is 17.9 Å². The van der Waals surface area contributed by atoms with Crippen molar-refractivity contribution in [3.05, 3.63) is 53.6 Å². The van der Waals surface area contributed by atoms with Gasteiger partial charge in [0.1, 0.15) is 0 Å². The SMILES string of the molecule is CCN(CC)CCOC[C@H](C)CC[C@@H]1[C@H](C)c2cc(C(F)(F)F)ccc2N[C@H]1C1C=CC=CC1. The second-order valence-electron chi connectivity index (χ2n) is 9.92. The van der Waals surface area contributed by atoms with Crippen molar-refractivity contribution < 1.29 is 17.9 Å². The number of benzene rings is 1. The van der Waals surface area contributed by atoms with Crippen molar-refractivity contribution in [1.29, 1.82) is 0 Å². The van der Waals surface area contributed by atoms with Crippen LogP contribution in [-0.2, 0) is 10.9 Å². The predicted molar refractivity (Wildman–Crippen MR) is 134 cm³/mol. The fraction of sp³-hybridized carbons (Fsp3) is 0.643. The maximum absolute atomic E-state index is 13.4. The summed E-state index contributed by atoms with van der Waals surface area (Å²) < 4.78 is 46.1. The van der Waals surface area contributed by atoms with E-state index < -0.39 is 11.7 Å². The molecule has 1 heterocycles. The Labute approximate surface area is 203 Å². The lowest BCUT2D eigenvalue weighted by molar-refractivity contribution is -0.137. The average Bonchev–Trinajstić information content (AvgIpc) is 2.83. The van der Waals surface area contributed by atoms with Crippen LogP contribution in [0.2, 0.25) is 0 Å². The Hall–Kier alpha value is -1.79. The largest absolute Gasteiger partial charge is 0.416 e. The van der Waals surface area contributed by atoms with Gasteiger partial charge in [0.2, 0.25) is 0 Å². The number of allylic oxidation sites excluding steroid dienone is 3. The molecule has 190 valence electrons. The van der Waals surface area contributed by atoms with E-state index in [1.54, 1.807) is 6.07 Å². The Morgan fingerprint density at radius 3 is 2.59 bits per heavy atom. The summed E-state index contributed by atoms with van der Waals surface area (Å²) in [5, 5.41) is 3.64. The molecule has 1 aliphatic heterocycles. The highest BCUT2D eigenvalue weighted by Gasteiger charge is 2.39. The minimum absolute atomic E-state index is 0.0543. The number of likely N-dealkylation sites (N-methyl/N-ethyl adjacent to an activating group) is 1. The lowest BCUT2D eigenvalue weighted by Crippen LogP contribution is -2.42. The molecule has 0 spiro atoms. The van der Waals surface area contributed by atoms with Gasteiger partial charge in [-0.3, -0.25) is 0 Å². The summed E-state index contributed by atoms with van der Waals surface area (Å²) in [6.07, 6.45) is 7.18. The van der Waals surface area contributed by atoms with Gasteiger partial charge in [-0.15, -0.1) is 0 Å². The average molecular weight is 479 g/mol. The van der Waals surface area contributed by atoms with Crippen LogP contribution in [0.1, 0.15) is 64.0 Å². The first-order valence-electron chi connectivity index (χ1n) is 12.9. The summed E-state index contributed by atoms with van der Waals surface area (Å²) in [6.45, 7) is 13.1. The van der Waals surface area contributed by atoms with Crippen LogP contribution in [-0.4, -0.2) is 43.8 Å². The van der Waals surface area contributed by atoms with Crippen molar-refractivity contribution in [3.8, 4) is 0 Å². The molecular formula is C28H41F3N2O. The number of nitrogens with one attached hydrogen (secondary N) is 1. The van der Waals surface area contributed by atoms with Crippen molar-refractivity contribution in [3.63, 3.8) is 0 Å². The summed E-state index contributed by atoms with van der Waals surface area (Å²) in [5.74, 6) is 1.07. The summed E-state index contributed by atoms with van der Waals surface area (Å²) >= 11 is 0. The van der Waals surface area contributed by atoms with Crippen LogP contribution in [0, 0.1) is 17.8 Å². The lowest BCUT2D eigenvalue weighted by atomic mass is 9.70. The van der Waals surface area contributed by atoms with E-state index in [1.807, 2.05) is 0 Å². The molecule has 0 amide bonds. The van der Waals surface area contributed by atoms with Gasteiger partial charge in [0.25, 0.3) is 0 Å². The van der Waals surface area contributed by atoms with Gasteiger partial charge < -0.3 is 15.0 Å². The molecule has 0 saturated carbocycles. The molecule has 0 saturated heterocycles. The lowest BCUT2D eigenvalue weighted by Gasteiger charge is -2.43. The van der Waals surface area contributed by atoms with Crippen LogP contribution in [0.25, 0.3) is 0 Å². The van der Waals surface area contributed by atoms with Gasteiger partial charge in [0.15, 0.2) is 0 Å². The molecule has 5 atom stereocenters. The summed E-state index contributed by atoms with van der Waals surface area (Å²) in [5.41, 5.74) is 1.07. The number of hydrogen-bond acceptors (Lipinski definition) is 3. The standard InChI is InChI=1S/C28H41F3N2O/c1-5-33(6-2)16-17-34-19-20(3)12-14-24-21(4)25-18-23(28(29,30)31)13-15-26(25)32-27(24)22-10-8-7-9-11-22/h7-10,13,15,18,20-22,24,27,32H,5-6,11-12,14,16-17,19H2,1-4H3/t20-,21+,22?,24-,27+/m1/s1. The number of ether oxygens (including phenoxy) is 1. The fourth-order valence-electron chi connectivity index (χ4n) is 5.37. The van der Waals surface area contributed by atoms with E-state index in [2.05, 4.69) is 62.2 Å². The van der Waals surface area contributed by atoms with E-state index in [0.717, 1.165) is 63.4 Å². The van der Waals surface area contributed by atoms with E-state index in [0.29, 0.717) is 11.8 Å². The molecule has 0 aromatic heterocycles. The molecule has 1 aromatic rings. The van der Waals surface area contributed by atoms with Crippen molar-refractivity contribution >= 4 is 5.69 Å². The molecule has 0 fully saturated rings. The van der Waals surface area contributed by atoms with Crippen LogP contribution in [0.5, 0.6) is 0 Å². The molecule has 3 rings (SSSR count). The van der Waals surface area contributed by atoms with Gasteiger partial charge in [-0.1, -0.05) is 52.0 Å². The van der Waals surface area contributed by atoms with Crippen molar-refractivity contribution in [2.45, 2.75) is 65.1 Å². The summed E-state index contributed by atoms with van der Waals surface area (Å²) in [6, 6.07) is 4.37. The third-order valence-corrected chi connectivity index (χ3v) is 7.61. The molecule has 1 aromatic carbocycles. The second kappa shape index (κ2) is 12.3. The smallest absolute Gasteiger partial charge is 0.381 e. The minimum Gasteiger partial charge on any atom is -0.381 e. The van der Waals surface area contributed by atoms with Gasteiger partial charge >= 0.3 is 6.18 Å². The number of nitrogens with zero attached hydrogens (tertiary/aromatic N) is 1. The third-order valence-electron chi connectivity index (χ3n) is 7.61. The van der Waals surface area contributed by atoms with Crippen LogP contribution in [0.15, 0.2) is 42.5 Å². The highest BCUT2D eigenvalue weighted by atomic mass is 19.4. The Morgan fingerprint density at radius 2 is 1.94 bits per heavy atom.